The van der Waals surface area contributed by atoms with Crippen LogP contribution in [0, 0.1) is 0 Å². The first-order valence-corrected chi connectivity index (χ1v) is 6.09. The molecular weight excluding hydrogens is 269 g/mol. The Morgan fingerprint density at radius 2 is 1.60 bits per heavy atom. The van der Waals surface area contributed by atoms with Gasteiger partial charge in [0.05, 0.1) is 11.3 Å². The van der Waals surface area contributed by atoms with E-state index in [0.717, 1.165) is 12.1 Å². The van der Waals surface area contributed by atoms with Crippen LogP contribution in [0.5, 0.6) is 0 Å². The summed E-state index contributed by atoms with van der Waals surface area (Å²) in [6.45, 7) is 5.78. The van der Waals surface area contributed by atoms with Crippen molar-refractivity contribution in [3.8, 4) is 5.69 Å². The van der Waals surface area contributed by atoms with Gasteiger partial charge < -0.3 is 4.98 Å². The summed E-state index contributed by atoms with van der Waals surface area (Å²) in [6.07, 6.45) is -2.80. The Hall–Kier alpha value is -1.98. The second-order valence-corrected chi connectivity index (χ2v) is 5.61. The van der Waals surface area contributed by atoms with Gasteiger partial charge in [0.2, 0.25) is 0 Å². The summed E-state index contributed by atoms with van der Waals surface area (Å²) < 4.78 is 39.0. The number of imidazole rings is 1. The normalized spacial score (nSPS) is 12.7. The molecule has 20 heavy (non-hydrogen) atoms. The van der Waals surface area contributed by atoms with E-state index in [4.69, 9.17) is 0 Å². The summed E-state index contributed by atoms with van der Waals surface area (Å²) >= 11 is 0. The van der Waals surface area contributed by atoms with Crippen molar-refractivity contribution in [3.63, 3.8) is 0 Å². The molecule has 0 amide bonds. The van der Waals surface area contributed by atoms with Crippen LogP contribution in [0.2, 0.25) is 0 Å². The SMILES string of the molecule is CC(C)(C)c1c[nH]c(=O)n1-c1ccc(C(F)(F)F)cc1. The zero-order valence-corrected chi connectivity index (χ0v) is 11.4. The molecule has 108 valence electrons. The third-order valence-electron chi connectivity index (χ3n) is 3.00. The number of benzene rings is 1. The maximum atomic E-state index is 12.5. The maximum Gasteiger partial charge on any atom is 0.416 e. The average molecular weight is 284 g/mol. The van der Waals surface area contributed by atoms with E-state index in [1.165, 1.54) is 16.7 Å². The van der Waals surface area contributed by atoms with E-state index in [0.29, 0.717) is 11.4 Å². The summed E-state index contributed by atoms with van der Waals surface area (Å²) in [5.41, 5.74) is -0.282. The van der Waals surface area contributed by atoms with Crippen LogP contribution in [0.3, 0.4) is 0 Å². The Kier molecular flexibility index (Phi) is 3.28. The van der Waals surface area contributed by atoms with E-state index >= 15 is 0 Å². The van der Waals surface area contributed by atoms with Crippen LogP contribution in [-0.2, 0) is 11.6 Å². The molecule has 1 heterocycles. The van der Waals surface area contributed by atoms with Crippen molar-refractivity contribution >= 4 is 0 Å². The fourth-order valence-electron chi connectivity index (χ4n) is 1.98. The number of aromatic nitrogens is 2. The van der Waals surface area contributed by atoms with Gasteiger partial charge in [-0.25, -0.2) is 4.79 Å². The molecule has 0 fully saturated rings. The summed E-state index contributed by atoms with van der Waals surface area (Å²) in [4.78, 5) is 14.4. The number of hydrogen-bond donors (Lipinski definition) is 1. The highest BCUT2D eigenvalue weighted by molar-refractivity contribution is 5.38. The molecule has 0 unspecified atom stereocenters. The lowest BCUT2D eigenvalue weighted by Crippen LogP contribution is -2.23. The van der Waals surface area contributed by atoms with Gasteiger partial charge >= 0.3 is 11.9 Å². The van der Waals surface area contributed by atoms with Crippen molar-refractivity contribution in [2.45, 2.75) is 32.4 Å². The molecule has 0 radical (unpaired) electrons. The van der Waals surface area contributed by atoms with Crippen molar-refractivity contribution in [2.75, 3.05) is 0 Å². The Bertz CT molecular complexity index is 657. The van der Waals surface area contributed by atoms with Crippen LogP contribution in [0.25, 0.3) is 5.69 Å². The number of nitrogens with zero attached hydrogens (tertiary/aromatic N) is 1. The quantitative estimate of drug-likeness (QED) is 0.855. The molecule has 0 spiro atoms. The third kappa shape index (κ3) is 2.64. The highest BCUT2D eigenvalue weighted by atomic mass is 19.4. The molecule has 0 saturated carbocycles. The number of aromatic amines is 1. The van der Waals surface area contributed by atoms with E-state index in [2.05, 4.69) is 4.98 Å². The first-order chi connectivity index (χ1) is 9.10. The first-order valence-electron chi connectivity index (χ1n) is 6.09. The lowest BCUT2D eigenvalue weighted by Gasteiger charge is -2.20. The van der Waals surface area contributed by atoms with Crippen LogP contribution < -0.4 is 5.69 Å². The number of alkyl halides is 3. The number of hydrogen-bond acceptors (Lipinski definition) is 1. The highest BCUT2D eigenvalue weighted by Crippen LogP contribution is 2.30. The predicted molar refractivity (Wildman–Crippen MR) is 70.1 cm³/mol. The minimum atomic E-state index is -4.38. The smallest absolute Gasteiger partial charge is 0.312 e. The van der Waals surface area contributed by atoms with Crippen LogP contribution in [0.4, 0.5) is 13.2 Å². The first kappa shape index (κ1) is 14.4. The summed E-state index contributed by atoms with van der Waals surface area (Å²) in [5.74, 6) is 0. The van der Waals surface area contributed by atoms with E-state index in [9.17, 15) is 18.0 Å². The molecule has 0 aliphatic carbocycles. The van der Waals surface area contributed by atoms with E-state index < -0.39 is 11.7 Å². The molecule has 6 heteroatoms. The van der Waals surface area contributed by atoms with Crippen LogP contribution in [0.1, 0.15) is 32.0 Å². The van der Waals surface area contributed by atoms with Crippen LogP contribution in [-0.4, -0.2) is 9.55 Å². The summed E-state index contributed by atoms with van der Waals surface area (Å²) in [6, 6.07) is 4.54. The molecular formula is C14H15F3N2O. The van der Waals surface area contributed by atoms with Crippen molar-refractivity contribution in [1.82, 2.24) is 9.55 Å². The van der Waals surface area contributed by atoms with Gasteiger partial charge in [-0.1, -0.05) is 20.8 Å². The molecule has 2 aromatic rings. The zero-order chi connectivity index (χ0) is 15.1. The molecule has 1 aromatic heterocycles. The molecule has 0 aliphatic heterocycles. The Balaban J connectivity index is 2.53. The fourth-order valence-corrected chi connectivity index (χ4v) is 1.98. The van der Waals surface area contributed by atoms with Gasteiger partial charge in [-0.2, -0.15) is 13.2 Å². The lowest BCUT2D eigenvalue weighted by molar-refractivity contribution is -0.137. The van der Waals surface area contributed by atoms with Crippen molar-refractivity contribution < 1.29 is 13.2 Å². The third-order valence-corrected chi connectivity index (χ3v) is 3.00. The zero-order valence-electron chi connectivity index (χ0n) is 11.4. The average Bonchev–Trinajstić information content (AvgIpc) is 2.70. The van der Waals surface area contributed by atoms with Gasteiger partial charge in [-0.15, -0.1) is 0 Å². The molecule has 0 bridgehead atoms. The summed E-state index contributed by atoms with van der Waals surface area (Å²) in [7, 11) is 0. The van der Waals surface area contributed by atoms with E-state index in [1.807, 2.05) is 20.8 Å². The van der Waals surface area contributed by atoms with Crippen LogP contribution >= 0.6 is 0 Å². The molecule has 0 saturated heterocycles. The molecule has 2 rings (SSSR count). The maximum absolute atomic E-state index is 12.5. The second kappa shape index (κ2) is 4.54. The molecule has 1 N–H and O–H groups in total. The van der Waals surface area contributed by atoms with E-state index in [1.54, 1.807) is 6.20 Å². The van der Waals surface area contributed by atoms with Gasteiger partial charge in [-0.05, 0) is 24.3 Å². The Labute approximate surface area is 114 Å². The molecule has 3 nitrogen and oxygen atoms in total. The van der Waals surface area contributed by atoms with Gasteiger partial charge in [-0.3, -0.25) is 4.57 Å². The minimum absolute atomic E-state index is 0.304. The highest BCUT2D eigenvalue weighted by Gasteiger charge is 2.30. The van der Waals surface area contributed by atoms with Gasteiger partial charge in [0, 0.05) is 17.3 Å². The largest absolute Gasteiger partial charge is 0.416 e. The number of rotatable bonds is 1. The number of H-pyrrole nitrogens is 1. The number of nitrogens with one attached hydrogen (secondary N) is 1. The van der Waals surface area contributed by atoms with E-state index in [-0.39, 0.29) is 11.1 Å². The Morgan fingerprint density at radius 1 is 1.05 bits per heavy atom. The van der Waals surface area contributed by atoms with Gasteiger partial charge in [0.15, 0.2) is 0 Å². The lowest BCUT2D eigenvalue weighted by atomic mass is 9.92. The van der Waals surface area contributed by atoms with Crippen LogP contribution in [0.15, 0.2) is 35.3 Å². The minimum Gasteiger partial charge on any atom is -0.312 e. The second-order valence-electron chi connectivity index (χ2n) is 5.61. The molecule has 0 atom stereocenters. The van der Waals surface area contributed by atoms with Crippen molar-refractivity contribution in [3.05, 3.63) is 52.2 Å². The summed E-state index contributed by atoms with van der Waals surface area (Å²) in [5, 5.41) is 0. The number of halogens is 3. The topological polar surface area (TPSA) is 37.8 Å². The standard InChI is InChI=1S/C14H15F3N2O/c1-13(2,3)11-8-18-12(20)19(11)10-6-4-9(5-7-10)14(15,16)17/h4-8H,1-3H3,(H,18,20). The van der Waals surface area contributed by atoms with Crippen molar-refractivity contribution in [2.24, 2.45) is 0 Å². The Morgan fingerprint density at radius 3 is 2.05 bits per heavy atom. The van der Waals surface area contributed by atoms with Crippen molar-refractivity contribution in [1.29, 1.82) is 0 Å². The van der Waals surface area contributed by atoms with Gasteiger partial charge in [0.1, 0.15) is 0 Å². The molecule has 0 aliphatic rings. The molecule has 1 aromatic carbocycles. The monoisotopic (exact) mass is 284 g/mol. The van der Waals surface area contributed by atoms with Gasteiger partial charge in [0.25, 0.3) is 0 Å². The predicted octanol–water partition coefficient (Wildman–Crippen LogP) is 3.48. The fraction of sp³-hybridized carbons (Fsp3) is 0.357.